The summed E-state index contributed by atoms with van der Waals surface area (Å²) in [5, 5.41) is 0.696. The number of pyridine rings is 1. The summed E-state index contributed by atoms with van der Waals surface area (Å²) in [5.74, 6) is 0.396. The minimum Gasteiger partial charge on any atom is -0.473 e. The lowest BCUT2D eigenvalue weighted by Crippen LogP contribution is -2.36. The van der Waals surface area contributed by atoms with Crippen LogP contribution in [0.1, 0.15) is 23.7 Å². The van der Waals surface area contributed by atoms with E-state index in [1.807, 2.05) is 67.6 Å². The monoisotopic (exact) mass is 436 g/mol. The number of carbonyl (C=O) groups is 1. The van der Waals surface area contributed by atoms with Crippen molar-refractivity contribution in [3.05, 3.63) is 82.5 Å². The molecule has 31 heavy (non-hydrogen) atoms. The van der Waals surface area contributed by atoms with Crippen molar-refractivity contribution >= 4 is 17.6 Å². The fourth-order valence-electron chi connectivity index (χ4n) is 3.74. The zero-order chi connectivity index (χ0) is 21.6. The third kappa shape index (κ3) is 5.24. The van der Waals surface area contributed by atoms with Gasteiger partial charge in [0.1, 0.15) is 6.61 Å². The van der Waals surface area contributed by atoms with Crippen LogP contribution in [-0.2, 0) is 29.1 Å². The first-order valence-corrected chi connectivity index (χ1v) is 10.8. The van der Waals surface area contributed by atoms with Crippen molar-refractivity contribution in [2.45, 2.75) is 26.5 Å². The summed E-state index contributed by atoms with van der Waals surface area (Å²) in [6, 6.07) is 20.0. The molecular weight excluding hydrogens is 412 g/mol. The second kappa shape index (κ2) is 9.94. The van der Waals surface area contributed by atoms with Crippen LogP contribution in [0.5, 0.6) is 5.88 Å². The molecule has 0 N–H and O–H groups in total. The second-order valence-electron chi connectivity index (χ2n) is 7.45. The van der Waals surface area contributed by atoms with Crippen molar-refractivity contribution in [3.63, 3.8) is 0 Å². The Morgan fingerprint density at radius 2 is 1.94 bits per heavy atom. The van der Waals surface area contributed by atoms with Gasteiger partial charge in [-0.2, -0.15) is 0 Å². The molecule has 0 saturated heterocycles. The van der Waals surface area contributed by atoms with Crippen molar-refractivity contribution in [1.29, 1.82) is 0 Å². The van der Waals surface area contributed by atoms with Gasteiger partial charge in [-0.3, -0.25) is 9.69 Å². The molecule has 1 aliphatic heterocycles. The summed E-state index contributed by atoms with van der Waals surface area (Å²) in [7, 11) is 0. The minimum absolute atomic E-state index is 0.187. The van der Waals surface area contributed by atoms with Crippen molar-refractivity contribution < 1.29 is 14.3 Å². The van der Waals surface area contributed by atoms with Crippen LogP contribution in [0.25, 0.3) is 11.1 Å². The van der Waals surface area contributed by atoms with Crippen molar-refractivity contribution in [1.82, 2.24) is 9.88 Å². The first kappa shape index (κ1) is 21.3. The number of ether oxygens (including phenoxy) is 2. The Morgan fingerprint density at radius 3 is 2.74 bits per heavy atom. The zero-order valence-corrected chi connectivity index (χ0v) is 18.3. The van der Waals surface area contributed by atoms with Gasteiger partial charge in [0.25, 0.3) is 0 Å². The molecule has 2 heterocycles. The molecule has 1 aliphatic rings. The maximum atomic E-state index is 11.7. The van der Waals surface area contributed by atoms with Crippen LogP contribution in [0.3, 0.4) is 0 Å². The molecule has 2 aromatic carbocycles. The van der Waals surface area contributed by atoms with Gasteiger partial charge >= 0.3 is 5.97 Å². The van der Waals surface area contributed by atoms with Crippen LogP contribution in [-0.4, -0.2) is 35.5 Å². The lowest BCUT2D eigenvalue weighted by Gasteiger charge is -2.27. The number of aromatic nitrogens is 1. The molecule has 0 spiro atoms. The average Bonchev–Trinajstić information content (AvgIpc) is 2.79. The Bertz CT molecular complexity index is 1060. The smallest absolute Gasteiger partial charge is 0.320 e. The first-order chi connectivity index (χ1) is 15.1. The van der Waals surface area contributed by atoms with Gasteiger partial charge in [-0.25, -0.2) is 4.98 Å². The standard InChI is InChI=1S/C25H25ClN2O3/c1-2-30-24(29)16-28-14-13-22-19(15-28)11-12-23(27-22)31-17-20-9-6-10-21(25(20)26)18-7-4-3-5-8-18/h3-12H,2,13-17H2,1H3. The van der Waals surface area contributed by atoms with Crippen LogP contribution in [0.15, 0.2) is 60.7 Å². The van der Waals surface area contributed by atoms with Gasteiger partial charge in [-0.05, 0) is 18.1 Å². The molecule has 0 radical (unpaired) electrons. The zero-order valence-electron chi connectivity index (χ0n) is 17.5. The van der Waals surface area contributed by atoms with E-state index in [1.165, 1.54) is 0 Å². The van der Waals surface area contributed by atoms with E-state index in [0.29, 0.717) is 37.2 Å². The highest BCUT2D eigenvalue weighted by molar-refractivity contribution is 6.34. The highest BCUT2D eigenvalue weighted by Gasteiger charge is 2.20. The van der Waals surface area contributed by atoms with Crippen LogP contribution < -0.4 is 4.74 Å². The molecular formula is C25H25ClN2O3. The SMILES string of the molecule is CCOC(=O)CN1CCc2nc(OCc3cccc(-c4ccccc4)c3Cl)ccc2C1. The number of hydrogen-bond donors (Lipinski definition) is 0. The maximum Gasteiger partial charge on any atom is 0.320 e. The molecule has 6 heteroatoms. The normalized spacial score (nSPS) is 13.5. The molecule has 0 unspecified atom stereocenters. The summed E-state index contributed by atoms with van der Waals surface area (Å²) < 4.78 is 11.0. The van der Waals surface area contributed by atoms with Gasteiger partial charge in [-0.1, -0.05) is 66.2 Å². The number of nitrogens with zero attached hydrogens (tertiary/aromatic N) is 2. The molecule has 5 nitrogen and oxygen atoms in total. The van der Waals surface area contributed by atoms with Crippen molar-refractivity contribution in [2.24, 2.45) is 0 Å². The van der Waals surface area contributed by atoms with E-state index in [0.717, 1.165) is 40.9 Å². The molecule has 0 saturated carbocycles. The van der Waals surface area contributed by atoms with E-state index >= 15 is 0 Å². The van der Waals surface area contributed by atoms with E-state index < -0.39 is 0 Å². The summed E-state index contributed by atoms with van der Waals surface area (Å²) in [5.41, 5.74) is 5.12. The van der Waals surface area contributed by atoms with Crippen LogP contribution in [0.2, 0.25) is 5.02 Å². The third-order valence-electron chi connectivity index (χ3n) is 5.30. The molecule has 1 aromatic heterocycles. The number of benzene rings is 2. The van der Waals surface area contributed by atoms with Gasteiger partial charge in [0.05, 0.1) is 23.9 Å². The molecule has 0 aliphatic carbocycles. The quantitative estimate of drug-likeness (QED) is 0.493. The van der Waals surface area contributed by atoms with E-state index in [2.05, 4.69) is 9.88 Å². The lowest BCUT2D eigenvalue weighted by molar-refractivity contribution is -0.144. The van der Waals surface area contributed by atoms with Crippen LogP contribution in [0, 0.1) is 0 Å². The van der Waals surface area contributed by atoms with Crippen molar-refractivity contribution in [3.8, 4) is 17.0 Å². The van der Waals surface area contributed by atoms with E-state index in [9.17, 15) is 4.79 Å². The fourth-order valence-corrected chi connectivity index (χ4v) is 4.03. The highest BCUT2D eigenvalue weighted by Crippen LogP contribution is 2.31. The van der Waals surface area contributed by atoms with Gasteiger partial charge in [0, 0.05) is 36.7 Å². The molecule has 4 rings (SSSR count). The summed E-state index contributed by atoms with van der Waals surface area (Å²) in [4.78, 5) is 18.5. The third-order valence-corrected chi connectivity index (χ3v) is 5.75. The Hall–Kier alpha value is -2.89. The average molecular weight is 437 g/mol. The van der Waals surface area contributed by atoms with Gasteiger partial charge < -0.3 is 9.47 Å². The molecule has 0 amide bonds. The van der Waals surface area contributed by atoms with E-state index in [-0.39, 0.29) is 5.97 Å². The van der Waals surface area contributed by atoms with Crippen molar-refractivity contribution in [2.75, 3.05) is 19.7 Å². The summed E-state index contributed by atoms with van der Waals surface area (Å²) >= 11 is 6.66. The number of fused-ring (bicyclic) bond motifs is 1. The topological polar surface area (TPSA) is 51.7 Å². The Kier molecular flexibility index (Phi) is 6.85. The number of hydrogen-bond acceptors (Lipinski definition) is 5. The van der Waals surface area contributed by atoms with Gasteiger partial charge in [0.15, 0.2) is 0 Å². The molecule has 0 fully saturated rings. The highest BCUT2D eigenvalue weighted by atomic mass is 35.5. The lowest BCUT2D eigenvalue weighted by atomic mass is 10.0. The summed E-state index contributed by atoms with van der Waals surface area (Å²) in [6.45, 7) is 4.34. The number of halogens is 1. The number of rotatable bonds is 7. The maximum absolute atomic E-state index is 11.7. The predicted octanol–water partition coefficient (Wildman–Crippen LogP) is 4.90. The Balaban J connectivity index is 1.41. The predicted molar refractivity (Wildman–Crippen MR) is 121 cm³/mol. The number of esters is 1. The molecule has 0 bridgehead atoms. The first-order valence-electron chi connectivity index (χ1n) is 10.5. The summed E-state index contributed by atoms with van der Waals surface area (Å²) in [6.07, 6.45) is 0.774. The van der Waals surface area contributed by atoms with Crippen LogP contribution in [0.4, 0.5) is 0 Å². The Morgan fingerprint density at radius 1 is 1.10 bits per heavy atom. The minimum atomic E-state index is -0.187. The van der Waals surface area contributed by atoms with E-state index in [1.54, 1.807) is 0 Å². The molecule has 160 valence electrons. The fraction of sp³-hybridized carbons (Fsp3) is 0.280. The molecule has 0 atom stereocenters. The number of carbonyl (C=O) groups excluding carboxylic acids is 1. The second-order valence-corrected chi connectivity index (χ2v) is 7.83. The van der Waals surface area contributed by atoms with Crippen LogP contribution >= 0.6 is 11.6 Å². The van der Waals surface area contributed by atoms with Gasteiger partial charge in [0.2, 0.25) is 5.88 Å². The van der Waals surface area contributed by atoms with E-state index in [4.69, 9.17) is 21.1 Å². The molecule has 3 aromatic rings. The van der Waals surface area contributed by atoms with Gasteiger partial charge in [-0.15, -0.1) is 0 Å². The Labute approximate surface area is 187 Å². The largest absolute Gasteiger partial charge is 0.473 e.